The number of benzene rings is 1. The first-order valence-electron chi connectivity index (χ1n) is 6.94. The second-order valence-electron chi connectivity index (χ2n) is 5.08. The summed E-state index contributed by atoms with van der Waals surface area (Å²) in [7, 11) is 0. The van der Waals surface area contributed by atoms with Crippen LogP contribution in [0.5, 0.6) is 5.75 Å². The maximum Gasteiger partial charge on any atom is 0.161 e. The van der Waals surface area contributed by atoms with E-state index in [1.54, 1.807) is 6.92 Å². The molecule has 0 saturated carbocycles. The number of nitrogens with zero attached hydrogens (tertiary/aromatic N) is 1. The largest absolute Gasteiger partial charge is 0.494 e. The minimum atomic E-state index is 0.122. The maximum atomic E-state index is 11.4. The van der Waals surface area contributed by atoms with Crippen LogP contribution in [0.1, 0.15) is 35.0 Å². The van der Waals surface area contributed by atoms with Gasteiger partial charge in [0.2, 0.25) is 0 Å². The lowest BCUT2D eigenvalue weighted by molar-refractivity contribution is 0.101. The van der Waals surface area contributed by atoms with Crippen molar-refractivity contribution in [1.82, 2.24) is 4.57 Å². The Morgan fingerprint density at radius 2 is 1.85 bits per heavy atom. The highest BCUT2D eigenvalue weighted by Gasteiger charge is 2.07. The molecule has 1 aromatic carbocycles. The molecule has 0 aliphatic carbocycles. The van der Waals surface area contributed by atoms with Crippen molar-refractivity contribution in [2.45, 2.75) is 33.7 Å². The number of aromatic nitrogens is 1. The summed E-state index contributed by atoms with van der Waals surface area (Å²) in [6.07, 6.45) is 2.89. The molecule has 3 nitrogen and oxygen atoms in total. The lowest BCUT2D eigenvalue weighted by Gasteiger charge is -2.09. The van der Waals surface area contributed by atoms with Gasteiger partial charge < -0.3 is 9.30 Å². The van der Waals surface area contributed by atoms with E-state index >= 15 is 0 Å². The topological polar surface area (TPSA) is 31.2 Å². The number of ether oxygens (including phenoxy) is 1. The third kappa shape index (κ3) is 3.50. The Morgan fingerprint density at radius 1 is 1.15 bits per heavy atom. The summed E-state index contributed by atoms with van der Waals surface area (Å²) < 4.78 is 7.80. The van der Waals surface area contributed by atoms with Crippen LogP contribution >= 0.6 is 0 Å². The van der Waals surface area contributed by atoms with Gasteiger partial charge in [-0.25, -0.2) is 0 Å². The van der Waals surface area contributed by atoms with Gasteiger partial charge in [-0.1, -0.05) is 17.7 Å². The Hall–Kier alpha value is -2.03. The first-order chi connectivity index (χ1) is 9.58. The zero-order chi connectivity index (χ0) is 14.5. The smallest absolute Gasteiger partial charge is 0.161 e. The van der Waals surface area contributed by atoms with Gasteiger partial charge in [0.05, 0.1) is 6.61 Å². The van der Waals surface area contributed by atoms with E-state index in [1.807, 2.05) is 43.5 Å². The Kier molecular flexibility index (Phi) is 4.61. The van der Waals surface area contributed by atoms with Gasteiger partial charge in [-0.3, -0.25) is 4.79 Å². The van der Waals surface area contributed by atoms with Crippen LogP contribution in [0, 0.1) is 13.8 Å². The molecule has 0 unspecified atom stereocenters. The highest BCUT2D eigenvalue weighted by Crippen LogP contribution is 2.13. The van der Waals surface area contributed by atoms with E-state index < -0.39 is 0 Å². The molecule has 2 aromatic rings. The summed E-state index contributed by atoms with van der Waals surface area (Å²) in [5.41, 5.74) is 3.08. The third-order valence-corrected chi connectivity index (χ3v) is 3.45. The van der Waals surface area contributed by atoms with E-state index in [9.17, 15) is 4.79 Å². The quantitative estimate of drug-likeness (QED) is 0.591. The summed E-state index contributed by atoms with van der Waals surface area (Å²) in [6.45, 7) is 7.19. The average molecular weight is 271 g/mol. The number of hydrogen-bond donors (Lipinski definition) is 0. The Morgan fingerprint density at radius 3 is 2.45 bits per heavy atom. The monoisotopic (exact) mass is 271 g/mol. The van der Waals surface area contributed by atoms with Crippen molar-refractivity contribution in [3.63, 3.8) is 0 Å². The molecule has 20 heavy (non-hydrogen) atoms. The molecular formula is C17H21NO2. The molecule has 0 aliphatic rings. The van der Waals surface area contributed by atoms with E-state index in [0.717, 1.165) is 30.0 Å². The second-order valence-corrected chi connectivity index (χ2v) is 5.08. The number of aryl methyl sites for hydroxylation is 2. The van der Waals surface area contributed by atoms with Gasteiger partial charge in [0.15, 0.2) is 5.78 Å². The van der Waals surface area contributed by atoms with Gasteiger partial charge in [-0.05, 0) is 45.4 Å². The molecule has 0 fully saturated rings. The van der Waals surface area contributed by atoms with Crippen LogP contribution in [-0.2, 0) is 6.54 Å². The lowest BCUT2D eigenvalue weighted by atomic mass is 10.2. The molecule has 106 valence electrons. The molecule has 0 atom stereocenters. The summed E-state index contributed by atoms with van der Waals surface area (Å²) in [5.74, 6) is 1.03. The van der Waals surface area contributed by atoms with Gasteiger partial charge in [0.25, 0.3) is 0 Å². The number of Topliss-reactive ketones (excluding diaryl/α,β-unsaturated/α-hetero) is 1. The van der Waals surface area contributed by atoms with Crippen LogP contribution in [0.3, 0.4) is 0 Å². The van der Waals surface area contributed by atoms with Crippen LogP contribution in [0.25, 0.3) is 0 Å². The van der Waals surface area contributed by atoms with Crippen molar-refractivity contribution in [1.29, 1.82) is 0 Å². The molecule has 2 rings (SSSR count). The minimum Gasteiger partial charge on any atom is -0.494 e. The molecule has 3 heteroatoms. The van der Waals surface area contributed by atoms with Gasteiger partial charge >= 0.3 is 0 Å². The molecule has 0 spiro atoms. The lowest BCUT2D eigenvalue weighted by Crippen LogP contribution is -2.06. The third-order valence-electron chi connectivity index (χ3n) is 3.45. The molecular weight excluding hydrogens is 250 g/mol. The van der Waals surface area contributed by atoms with Gasteiger partial charge in [-0.2, -0.15) is 0 Å². The van der Waals surface area contributed by atoms with Crippen LogP contribution in [0.15, 0.2) is 36.5 Å². The highest BCUT2D eigenvalue weighted by molar-refractivity contribution is 5.95. The first-order valence-corrected chi connectivity index (χ1v) is 6.94. The van der Waals surface area contributed by atoms with Crippen molar-refractivity contribution in [3.8, 4) is 5.75 Å². The minimum absolute atomic E-state index is 0.122. The molecule has 1 aromatic heterocycles. The van der Waals surface area contributed by atoms with Crippen molar-refractivity contribution >= 4 is 5.78 Å². The normalized spacial score (nSPS) is 10.6. The fourth-order valence-electron chi connectivity index (χ4n) is 2.23. The number of rotatable bonds is 6. The van der Waals surface area contributed by atoms with E-state index in [0.29, 0.717) is 6.61 Å². The molecule has 0 aliphatic heterocycles. The zero-order valence-electron chi connectivity index (χ0n) is 12.3. The molecule has 0 radical (unpaired) electrons. The molecule has 0 bridgehead atoms. The van der Waals surface area contributed by atoms with Crippen molar-refractivity contribution < 1.29 is 9.53 Å². The summed E-state index contributed by atoms with van der Waals surface area (Å²) in [5, 5.41) is 0. The van der Waals surface area contributed by atoms with Crippen LogP contribution < -0.4 is 4.74 Å². The maximum absolute atomic E-state index is 11.4. The van der Waals surface area contributed by atoms with E-state index in [1.165, 1.54) is 5.56 Å². The first kappa shape index (κ1) is 14.4. The number of carbonyl (C=O) groups is 1. The van der Waals surface area contributed by atoms with Gasteiger partial charge in [-0.15, -0.1) is 0 Å². The van der Waals surface area contributed by atoms with Gasteiger partial charge in [0, 0.05) is 24.0 Å². The zero-order valence-corrected chi connectivity index (χ0v) is 12.3. The second kappa shape index (κ2) is 6.42. The SMILES string of the molecule is CC(=O)c1ccn(CCCOc2ccc(C)cc2)c1C. The summed E-state index contributed by atoms with van der Waals surface area (Å²) >= 11 is 0. The molecule has 1 heterocycles. The van der Waals surface area contributed by atoms with Crippen LogP contribution in [-0.4, -0.2) is 17.0 Å². The fourth-order valence-corrected chi connectivity index (χ4v) is 2.23. The van der Waals surface area contributed by atoms with Crippen LogP contribution in [0.2, 0.25) is 0 Å². The predicted molar refractivity (Wildman–Crippen MR) is 80.5 cm³/mol. The summed E-state index contributed by atoms with van der Waals surface area (Å²) in [6, 6.07) is 9.96. The Bertz CT molecular complexity index is 582. The number of carbonyl (C=O) groups excluding carboxylic acids is 1. The van der Waals surface area contributed by atoms with E-state index in [4.69, 9.17) is 4.74 Å². The Labute approximate surface area is 120 Å². The highest BCUT2D eigenvalue weighted by atomic mass is 16.5. The van der Waals surface area contributed by atoms with Crippen LogP contribution in [0.4, 0.5) is 0 Å². The Balaban J connectivity index is 1.81. The molecule has 0 amide bonds. The van der Waals surface area contributed by atoms with Crippen molar-refractivity contribution in [2.24, 2.45) is 0 Å². The van der Waals surface area contributed by atoms with Crippen molar-refractivity contribution in [3.05, 3.63) is 53.3 Å². The predicted octanol–water partition coefficient (Wildman–Crippen LogP) is 3.78. The molecule has 0 saturated heterocycles. The number of hydrogen-bond acceptors (Lipinski definition) is 2. The van der Waals surface area contributed by atoms with E-state index in [2.05, 4.69) is 11.5 Å². The molecule has 0 N–H and O–H groups in total. The number of ketones is 1. The van der Waals surface area contributed by atoms with E-state index in [-0.39, 0.29) is 5.78 Å². The van der Waals surface area contributed by atoms with Crippen molar-refractivity contribution in [2.75, 3.05) is 6.61 Å². The average Bonchev–Trinajstić information content (AvgIpc) is 2.78. The standard InChI is InChI=1S/C17H21NO2/c1-13-5-7-16(8-6-13)20-12-4-10-18-11-9-17(14(18)2)15(3)19/h5-9,11H,4,10,12H2,1-3H3. The summed E-state index contributed by atoms with van der Waals surface area (Å²) in [4.78, 5) is 11.4. The fraction of sp³-hybridized carbons (Fsp3) is 0.353. The van der Waals surface area contributed by atoms with Gasteiger partial charge in [0.1, 0.15) is 5.75 Å².